The average molecular weight is 414 g/mol. The highest BCUT2D eigenvalue weighted by molar-refractivity contribution is 7.48. The zero-order valence-electron chi connectivity index (χ0n) is 19.9. The molecule has 0 saturated carbocycles. The first kappa shape index (κ1) is 23.9. The van der Waals surface area contributed by atoms with Gasteiger partial charge in [-0.05, 0) is 68.2 Å². The number of rotatable bonds is 7. The highest BCUT2D eigenvalue weighted by atomic mass is 31.1. The van der Waals surface area contributed by atoms with E-state index < -0.39 is 0 Å². The summed E-state index contributed by atoms with van der Waals surface area (Å²) in [4.78, 5) is 2.24. The van der Waals surface area contributed by atoms with Gasteiger partial charge >= 0.3 is 0 Å². The van der Waals surface area contributed by atoms with Gasteiger partial charge in [0.25, 0.3) is 0 Å². The molecular formula is C26H40NOP. The van der Waals surface area contributed by atoms with Crippen LogP contribution in [0.4, 0.5) is 0 Å². The van der Waals surface area contributed by atoms with Crippen molar-refractivity contribution in [2.45, 2.75) is 78.4 Å². The first-order valence-electron chi connectivity index (χ1n) is 10.8. The second-order valence-corrected chi connectivity index (χ2v) is 11.4. The number of aryl methyl sites for hydroxylation is 2. The topological polar surface area (TPSA) is 23.5 Å². The SMILES string of the molecule is CCC(CC)(Pc1c(C)cccc1CN(C)C)c1cc(C)cc(C(C)(C)C)c1O. The summed E-state index contributed by atoms with van der Waals surface area (Å²) in [6, 6.07) is 11.1. The normalized spacial score (nSPS) is 13.0. The number of hydrogen-bond acceptors (Lipinski definition) is 2. The van der Waals surface area contributed by atoms with Crippen molar-refractivity contribution in [2.24, 2.45) is 0 Å². The summed E-state index contributed by atoms with van der Waals surface area (Å²) in [6.45, 7) is 16.4. The van der Waals surface area contributed by atoms with Gasteiger partial charge in [-0.3, -0.25) is 0 Å². The van der Waals surface area contributed by atoms with Gasteiger partial charge in [-0.2, -0.15) is 0 Å². The lowest BCUT2D eigenvalue weighted by Gasteiger charge is -2.36. The smallest absolute Gasteiger partial charge is 0.123 e. The van der Waals surface area contributed by atoms with E-state index in [4.69, 9.17) is 0 Å². The van der Waals surface area contributed by atoms with Gasteiger partial charge in [0.15, 0.2) is 0 Å². The van der Waals surface area contributed by atoms with Crippen LogP contribution < -0.4 is 5.30 Å². The van der Waals surface area contributed by atoms with Crippen LogP contribution in [0.1, 0.15) is 75.3 Å². The lowest BCUT2D eigenvalue weighted by Crippen LogP contribution is -2.27. The summed E-state index contributed by atoms with van der Waals surface area (Å²) >= 11 is 0. The summed E-state index contributed by atoms with van der Waals surface area (Å²) < 4.78 is 0. The number of aromatic hydroxyl groups is 1. The van der Waals surface area contributed by atoms with E-state index in [2.05, 4.69) is 97.8 Å². The maximum Gasteiger partial charge on any atom is 0.123 e. The summed E-state index contributed by atoms with van der Waals surface area (Å²) in [7, 11) is 4.88. The third-order valence-corrected chi connectivity index (χ3v) is 8.42. The first-order valence-corrected chi connectivity index (χ1v) is 11.8. The van der Waals surface area contributed by atoms with Crippen molar-refractivity contribution in [2.75, 3.05) is 14.1 Å². The molecule has 0 aliphatic rings. The third kappa shape index (κ3) is 5.22. The van der Waals surface area contributed by atoms with Crippen LogP contribution in [0.2, 0.25) is 0 Å². The largest absolute Gasteiger partial charge is 0.507 e. The van der Waals surface area contributed by atoms with Crippen molar-refractivity contribution in [1.82, 2.24) is 4.90 Å². The highest BCUT2D eigenvalue weighted by Crippen LogP contribution is 2.52. The number of benzene rings is 2. The summed E-state index contributed by atoms with van der Waals surface area (Å²) in [6.07, 6.45) is 2.02. The molecule has 0 aliphatic heterocycles. The highest BCUT2D eigenvalue weighted by Gasteiger charge is 2.35. The lowest BCUT2D eigenvalue weighted by atomic mass is 9.81. The van der Waals surface area contributed by atoms with E-state index in [0.717, 1.165) is 30.5 Å². The average Bonchev–Trinajstić information content (AvgIpc) is 2.62. The van der Waals surface area contributed by atoms with Crippen LogP contribution in [-0.4, -0.2) is 24.1 Å². The number of phenols is 1. The Hall–Kier alpha value is -1.37. The predicted molar refractivity (Wildman–Crippen MR) is 130 cm³/mol. The Morgan fingerprint density at radius 3 is 2.07 bits per heavy atom. The zero-order valence-corrected chi connectivity index (χ0v) is 20.9. The molecule has 0 aliphatic carbocycles. The minimum atomic E-state index is -0.0834. The molecule has 2 rings (SSSR count). The van der Waals surface area contributed by atoms with E-state index in [-0.39, 0.29) is 10.6 Å². The second kappa shape index (κ2) is 9.19. The molecule has 0 heterocycles. The van der Waals surface area contributed by atoms with E-state index >= 15 is 0 Å². The quantitative estimate of drug-likeness (QED) is 0.532. The van der Waals surface area contributed by atoms with Crippen LogP contribution in [0, 0.1) is 13.8 Å². The molecule has 1 unspecified atom stereocenters. The van der Waals surface area contributed by atoms with E-state index in [9.17, 15) is 5.11 Å². The number of nitrogens with zero attached hydrogens (tertiary/aromatic N) is 1. The van der Waals surface area contributed by atoms with Crippen molar-refractivity contribution in [3.05, 3.63) is 58.1 Å². The second-order valence-electron chi connectivity index (χ2n) is 9.72. The van der Waals surface area contributed by atoms with Gasteiger partial charge in [-0.1, -0.05) is 79.1 Å². The van der Waals surface area contributed by atoms with E-state index in [1.807, 2.05) is 0 Å². The van der Waals surface area contributed by atoms with Crippen molar-refractivity contribution in [3.63, 3.8) is 0 Å². The Morgan fingerprint density at radius 1 is 0.966 bits per heavy atom. The van der Waals surface area contributed by atoms with Gasteiger partial charge in [0, 0.05) is 17.3 Å². The van der Waals surface area contributed by atoms with Crippen LogP contribution in [0.15, 0.2) is 30.3 Å². The molecule has 0 bridgehead atoms. The van der Waals surface area contributed by atoms with E-state index in [1.165, 1.54) is 22.0 Å². The summed E-state index contributed by atoms with van der Waals surface area (Å²) in [5, 5.41) is 12.8. The predicted octanol–water partition coefficient (Wildman–Crippen LogP) is 6.39. The number of hydrogen-bond donors (Lipinski definition) is 1. The van der Waals surface area contributed by atoms with Crippen molar-refractivity contribution >= 4 is 13.9 Å². The van der Waals surface area contributed by atoms with Crippen LogP contribution in [0.25, 0.3) is 0 Å². The van der Waals surface area contributed by atoms with Crippen molar-refractivity contribution in [1.29, 1.82) is 0 Å². The fourth-order valence-electron chi connectivity index (χ4n) is 4.21. The molecule has 29 heavy (non-hydrogen) atoms. The molecule has 0 amide bonds. The Kier molecular flexibility index (Phi) is 7.57. The van der Waals surface area contributed by atoms with Crippen LogP contribution in [0.3, 0.4) is 0 Å². The number of phenolic OH excluding ortho intramolecular Hbond substituents is 1. The molecule has 0 aromatic heterocycles. The van der Waals surface area contributed by atoms with Gasteiger partial charge in [-0.15, -0.1) is 0 Å². The molecule has 1 N–H and O–H groups in total. The molecule has 0 fully saturated rings. The molecule has 1 atom stereocenters. The Balaban J connectivity index is 2.68. The molecule has 0 saturated heterocycles. The standard InChI is InChI=1S/C26H40NOP/c1-10-26(11-2,22-16-18(3)15-21(23(22)28)25(5,6)7)29-24-19(4)13-12-14-20(24)17-27(8)9/h12-16,28-29H,10-11,17H2,1-9H3. The third-order valence-electron chi connectivity index (χ3n) is 5.99. The summed E-state index contributed by atoms with van der Waals surface area (Å²) in [5.41, 5.74) is 6.10. The Bertz CT molecular complexity index is 845. The minimum Gasteiger partial charge on any atom is -0.507 e. The van der Waals surface area contributed by atoms with Gasteiger partial charge in [-0.25, -0.2) is 0 Å². The van der Waals surface area contributed by atoms with Crippen LogP contribution >= 0.6 is 8.58 Å². The van der Waals surface area contributed by atoms with Gasteiger partial charge < -0.3 is 10.0 Å². The fourth-order valence-corrected chi connectivity index (χ4v) is 5.97. The molecular weight excluding hydrogens is 373 g/mol. The fraction of sp³-hybridized carbons (Fsp3) is 0.538. The molecule has 0 radical (unpaired) electrons. The molecule has 2 nitrogen and oxygen atoms in total. The van der Waals surface area contributed by atoms with Gasteiger partial charge in [0.2, 0.25) is 0 Å². The van der Waals surface area contributed by atoms with Gasteiger partial charge in [0.1, 0.15) is 5.75 Å². The van der Waals surface area contributed by atoms with Crippen molar-refractivity contribution in [3.8, 4) is 5.75 Å². The zero-order chi connectivity index (χ0) is 22.0. The molecule has 160 valence electrons. The molecule has 3 heteroatoms. The molecule has 0 spiro atoms. The monoisotopic (exact) mass is 413 g/mol. The Morgan fingerprint density at radius 2 is 1.55 bits per heavy atom. The maximum absolute atomic E-state index is 11.4. The first-order chi connectivity index (χ1) is 13.4. The minimum absolute atomic E-state index is 0.0523. The van der Waals surface area contributed by atoms with Crippen LogP contribution in [-0.2, 0) is 17.1 Å². The van der Waals surface area contributed by atoms with Crippen LogP contribution in [0.5, 0.6) is 5.75 Å². The summed E-state index contributed by atoms with van der Waals surface area (Å²) in [5.74, 6) is 0.502. The Labute approximate surface area is 180 Å². The molecule has 2 aromatic rings. The molecule has 2 aromatic carbocycles. The van der Waals surface area contributed by atoms with E-state index in [1.54, 1.807) is 0 Å². The van der Waals surface area contributed by atoms with Gasteiger partial charge in [0.05, 0.1) is 0 Å². The maximum atomic E-state index is 11.4. The van der Waals surface area contributed by atoms with E-state index in [0.29, 0.717) is 14.3 Å². The van der Waals surface area contributed by atoms with Crippen molar-refractivity contribution < 1.29 is 5.11 Å². The lowest BCUT2D eigenvalue weighted by molar-refractivity contribution is 0.403.